The minimum Gasteiger partial charge on any atom is -0.368 e. The second-order valence-corrected chi connectivity index (χ2v) is 6.06. The fraction of sp³-hybridized carbons (Fsp3) is 0.533. The second kappa shape index (κ2) is 5.93. The number of nitrogens with one attached hydrogen (secondary N) is 1. The first-order valence-corrected chi connectivity index (χ1v) is 7.19. The van der Waals surface area contributed by atoms with Gasteiger partial charge in [0.2, 0.25) is 5.91 Å². The Labute approximate surface area is 119 Å². The molecule has 3 nitrogen and oxygen atoms in total. The molecule has 0 bridgehead atoms. The van der Waals surface area contributed by atoms with E-state index >= 15 is 0 Å². The molecule has 104 valence electrons. The molecule has 2 rings (SSSR count). The molecule has 0 spiro atoms. The van der Waals surface area contributed by atoms with Gasteiger partial charge < -0.3 is 11.1 Å². The van der Waals surface area contributed by atoms with Crippen molar-refractivity contribution in [2.24, 2.45) is 5.73 Å². The molecule has 1 saturated carbocycles. The van der Waals surface area contributed by atoms with Gasteiger partial charge >= 0.3 is 0 Å². The molecular formula is C15H21ClN2O. The van der Waals surface area contributed by atoms with Gasteiger partial charge in [-0.05, 0) is 43.9 Å². The van der Waals surface area contributed by atoms with Crippen LogP contribution in [0.1, 0.15) is 38.2 Å². The number of hydrogen-bond acceptors (Lipinski definition) is 2. The van der Waals surface area contributed by atoms with E-state index in [1.165, 1.54) is 12.8 Å². The summed E-state index contributed by atoms with van der Waals surface area (Å²) in [5.74, 6) is -0.297. The predicted molar refractivity (Wildman–Crippen MR) is 78.1 cm³/mol. The predicted octanol–water partition coefficient (Wildman–Crippen LogP) is 2.66. The number of carbonyl (C=O) groups excluding carboxylic acids is 1. The Balaban J connectivity index is 2.09. The second-order valence-electron chi connectivity index (χ2n) is 5.63. The Morgan fingerprint density at radius 3 is 2.47 bits per heavy atom. The van der Waals surface area contributed by atoms with Gasteiger partial charge in [-0.1, -0.05) is 36.6 Å². The van der Waals surface area contributed by atoms with Crippen molar-refractivity contribution in [3.05, 3.63) is 34.9 Å². The van der Waals surface area contributed by atoms with Gasteiger partial charge in [0.15, 0.2) is 0 Å². The minimum absolute atomic E-state index is 0.297. The van der Waals surface area contributed by atoms with E-state index in [2.05, 4.69) is 5.32 Å². The van der Waals surface area contributed by atoms with Crippen LogP contribution in [0.5, 0.6) is 0 Å². The lowest BCUT2D eigenvalue weighted by atomic mass is 9.91. The summed E-state index contributed by atoms with van der Waals surface area (Å²) in [6.07, 6.45) is 5.31. The molecule has 0 radical (unpaired) electrons. The van der Waals surface area contributed by atoms with Gasteiger partial charge in [0, 0.05) is 11.1 Å². The summed E-state index contributed by atoms with van der Waals surface area (Å²) in [5.41, 5.74) is 5.97. The molecule has 1 unspecified atom stereocenters. The molecule has 1 aromatic rings. The Morgan fingerprint density at radius 1 is 1.37 bits per heavy atom. The Kier molecular flexibility index (Phi) is 4.48. The first-order valence-electron chi connectivity index (χ1n) is 6.82. The van der Waals surface area contributed by atoms with Crippen molar-refractivity contribution in [3.63, 3.8) is 0 Å². The third-order valence-electron chi connectivity index (χ3n) is 3.89. The van der Waals surface area contributed by atoms with Gasteiger partial charge in [0.1, 0.15) is 0 Å². The van der Waals surface area contributed by atoms with Crippen LogP contribution in [-0.2, 0) is 11.2 Å². The average molecular weight is 281 g/mol. The number of nitrogens with two attached hydrogens (primary N) is 1. The third kappa shape index (κ3) is 3.71. The van der Waals surface area contributed by atoms with E-state index in [0.29, 0.717) is 17.5 Å². The average Bonchev–Trinajstić information content (AvgIpc) is 2.84. The van der Waals surface area contributed by atoms with E-state index in [-0.39, 0.29) is 5.91 Å². The zero-order chi connectivity index (χ0) is 13.9. The quantitative estimate of drug-likeness (QED) is 0.871. The lowest BCUT2D eigenvalue weighted by Gasteiger charge is -2.31. The van der Waals surface area contributed by atoms with Crippen LogP contribution in [0.25, 0.3) is 0 Å². The Hall–Kier alpha value is -1.06. The van der Waals surface area contributed by atoms with Crippen molar-refractivity contribution in [1.29, 1.82) is 0 Å². The van der Waals surface area contributed by atoms with Crippen LogP contribution in [0, 0.1) is 0 Å². The maximum absolute atomic E-state index is 11.8. The van der Waals surface area contributed by atoms with E-state index in [9.17, 15) is 4.79 Å². The maximum atomic E-state index is 11.8. The van der Waals surface area contributed by atoms with Crippen LogP contribution >= 0.6 is 11.6 Å². The number of hydrogen-bond donors (Lipinski definition) is 2. The molecule has 4 heteroatoms. The largest absolute Gasteiger partial charge is 0.368 e. The molecule has 0 heterocycles. The minimum atomic E-state index is -0.692. The van der Waals surface area contributed by atoms with Crippen LogP contribution < -0.4 is 11.1 Å². The molecule has 0 aromatic heterocycles. The first-order chi connectivity index (χ1) is 8.99. The van der Waals surface area contributed by atoms with Gasteiger partial charge in [0.05, 0.1) is 5.54 Å². The SMILES string of the molecule is CC(Cc1ccc(Cl)cc1)(NC1CCCC1)C(N)=O. The standard InChI is InChI=1S/C15H21ClN2O/c1-15(14(17)19,18-13-4-2-3-5-13)10-11-6-8-12(16)9-7-11/h6-9,13,18H,2-5,10H2,1H3,(H2,17,19). The third-order valence-corrected chi connectivity index (χ3v) is 4.14. The molecule has 1 fully saturated rings. The van der Waals surface area contributed by atoms with Crippen LogP contribution in [0.4, 0.5) is 0 Å². The summed E-state index contributed by atoms with van der Waals surface area (Å²) in [5, 5.41) is 4.15. The van der Waals surface area contributed by atoms with Gasteiger partial charge in [-0.3, -0.25) is 4.79 Å². The van der Waals surface area contributed by atoms with E-state index < -0.39 is 5.54 Å². The molecule has 1 amide bonds. The molecule has 0 aliphatic heterocycles. The number of carbonyl (C=O) groups is 1. The topological polar surface area (TPSA) is 55.1 Å². The highest BCUT2D eigenvalue weighted by Crippen LogP contribution is 2.23. The van der Waals surface area contributed by atoms with Crippen LogP contribution in [0.15, 0.2) is 24.3 Å². The Morgan fingerprint density at radius 2 is 1.95 bits per heavy atom. The molecular weight excluding hydrogens is 260 g/mol. The van der Waals surface area contributed by atoms with Gasteiger partial charge in [-0.2, -0.15) is 0 Å². The fourth-order valence-electron chi connectivity index (χ4n) is 2.74. The van der Waals surface area contributed by atoms with Crippen LogP contribution in [0.3, 0.4) is 0 Å². The fourth-order valence-corrected chi connectivity index (χ4v) is 2.87. The monoisotopic (exact) mass is 280 g/mol. The number of rotatable bonds is 5. The summed E-state index contributed by atoms with van der Waals surface area (Å²) < 4.78 is 0. The molecule has 3 N–H and O–H groups in total. The van der Waals surface area contributed by atoms with Crippen LogP contribution in [-0.4, -0.2) is 17.5 Å². The molecule has 1 atom stereocenters. The lowest BCUT2D eigenvalue weighted by molar-refractivity contribution is -0.124. The van der Waals surface area contributed by atoms with E-state index in [1.807, 2.05) is 31.2 Å². The molecule has 1 aliphatic carbocycles. The molecule has 19 heavy (non-hydrogen) atoms. The first kappa shape index (κ1) is 14.4. The number of amides is 1. The summed E-state index contributed by atoms with van der Waals surface area (Å²) in [6, 6.07) is 7.98. The van der Waals surface area contributed by atoms with Crippen molar-refractivity contribution >= 4 is 17.5 Å². The smallest absolute Gasteiger partial charge is 0.237 e. The van der Waals surface area contributed by atoms with Gasteiger partial charge in [-0.15, -0.1) is 0 Å². The highest BCUT2D eigenvalue weighted by atomic mass is 35.5. The highest BCUT2D eigenvalue weighted by molar-refractivity contribution is 6.30. The lowest BCUT2D eigenvalue weighted by Crippen LogP contribution is -2.57. The van der Waals surface area contributed by atoms with E-state index in [0.717, 1.165) is 18.4 Å². The zero-order valence-corrected chi connectivity index (χ0v) is 12.0. The van der Waals surface area contributed by atoms with Crippen molar-refractivity contribution in [2.45, 2.75) is 50.6 Å². The van der Waals surface area contributed by atoms with Gasteiger partial charge in [-0.25, -0.2) is 0 Å². The highest BCUT2D eigenvalue weighted by Gasteiger charge is 2.34. The van der Waals surface area contributed by atoms with Crippen molar-refractivity contribution in [3.8, 4) is 0 Å². The zero-order valence-electron chi connectivity index (χ0n) is 11.3. The molecule has 0 saturated heterocycles. The Bertz CT molecular complexity index is 440. The van der Waals surface area contributed by atoms with Gasteiger partial charge in [0.25, 0.3) is 0 Å². The van der Waals surface area contributed by atoms with Crippen LogP contribution in [0.2, 0.25) is 5.02 Å². The van der Waals surface area contributed by atoms with Crippen molar-refractivity contribution in [1.82, 2.24) is 5.32 Å². The molecule has 1 aromatic carbocycles. The van der Waals surface area contributed by atoms with E-state index in [4.69, 9.17) is 17.3 Å². The summed E-state index contributed by atoms with van der Waals surface area (Å²) >= 11 is 5.88. The summed E-state index contributed by atoms with van der Waals surface area (Å²) in [7, 11) is 0. The van der Waals surface area contributed by atoms with Crippen molar-refractivity contribution < 1.29 is 4.79 Å². The van der Waals surface area contributed by atoms with E-state index in [1.54, 1.807) is 0 Å². The maximum Gasteiger partial charge on any atom is 0.237 e. The number of primary amides is 1. The summed E-state index contributed by atoms with van der Waals surface area (Å²) in [6.45, 7) is 1.89. The number of halogens is 1. The summed E-state index contributed by atoms with van der Waals surface area (Å²) in [4.78, 5) is 11.8. The van der Waals surface area contributed by atoms with Crippen molar-refractivity contribution in [2.75, 3.05) is 0 Å². The molecule has 1 aliphatic rings. The normalized spacial score (nSPS) is 19.3. The number of benzene rings is 1.